The zero-order valence-corrected chi connectivity index (χ0v) is 16.7. The molecule has 7 nitrogen and oxygen atoms in total. The lowest BCUT2D eigenvalue weighted by Gasteiger charge is -2.20. The monoisotopic (exact) mass is 404 g/mol. The SMILES string of the molecule is Cc1ccc(OCCNC(=O)[C@@H]2CCN(S(C)(=O)=O)c3ccccc3O2)cc1. The van der Waals surface area contributed by atoms with Gasteiger partial charge in [-0.1, -0.05) is 29.8 Å². The average molecular weight is 404 g/mol. The second kappa shape index (κ2) is 8.52. The van der Waals surface area contributed by atoms with Crippen LogP contribution in [0.5, 0.6) is 11.5 Å². The van der Waals surface area contributed by atoms with Gasteiger partial charge in [-0.25, -0.2) is 8.42 Å². The highest BCUT2D eigenvalue weighted by Crippen LogP contribution is 2.33. The van der Waals surface area contributed by atoms with E-state index in [9.17, 15) is 13.2 Å². The van der Waals surface area contributed by atoms with Crippen LogP contribution in [0.25, 0.3) is 0 Å². The molecule has 2 aromatic rings. The Labute approximate surface area is 165 Å². The Bertz CT molecular complexity index is 928. The molecule has 0 fully saturated rings. The van der Waals surface area contributed by atoms with Crippen molar-refractivity contribution in [1.29, 1.82) is 0 Å². The minimum Gasteiger partial charge on any atom is -0.492 e. The lowest BCUT2D eigenvalue weighted by atomic mass is 10.2. The molecular formula is C20H24N2O5S. The normalized spacial score (nSPS) is 16.5. The minimum atomic E-state index is -3.46. The van der Waals surface area contributed by atoms with E-state index in [1.807, 2.05) is 31.2 Å². The second-order valence-corrected chi connectivity index (χ2v) is 8.56. The molecule has 1 aliphatic heterocycles. The number of fused-ring (bicyclic) bond motifs is 1. The highest BCUT2D eigenvalue weighted by Gasteiger charge is 2.30. The molecule has 1 atom stereocenters. The molecule has 1 heterocycles. The fraction of sp³-hybridized carbons (Fsp3) is 0.350. The number of ether oxygens (including phenoxy) is 2. The van der Waals surface area contributed by atoms with Crippen LogP contribution in [0.2, 0.25) is 0 Å². The van der Waals surface area contributed by atoms with E-state index >= 15 is 0 Å². The zero-order chi connectivity index (χ0) is 20.1. The van der Waals surface area contributed by atoms with E-state index in [4.69, 9.17) is 9.47 Å². The van der Waals surface area contributed by atoms with Crippen LogP contribution < -0.4 is 19.1 Å². The maximum absolute atomic E-state index is 12.5. The molecule has 1 amide bonds. The first-order valence-corrected chi connectivity index (χ1v) is 10.9. The summed E-state index contributed by atoms with van der Waals surface area (Å²) < 4.78 is 36.9. The molecule has 8 heteroatoms. The van der Waals surface area contributed by atoms with E-state index in [-0.39, 0.29) is 18.9 Å². The standard InChI is InChI=1S/C20H24N2O5S/c1-15-7-9-16(10-8-15)26-14-12-21-20(23)19-11-13-22(28(2,24)25)17-5-3-4-6-18(17)27-19/h3-10,19H,11-14H2,1-2H3,(H,21,23)/t19-/m0/s1. The fourth-order valence-corrected chi connectivity index (χ4v) is 3.90. The molecule has 3 rings (SSSR count). The summed E-state index contributed by atoms with van der Waals surface area (Å²) in [5.41, 5.74) is 1.59. The molecule has 0 aliphatic carbocycles. The van der Waals surface area contributed by atoms with Crippen molar-refractivity contribution in [2.45, 2.75) is 19.4 Å². The number of carbonyl (C=O) groups is 1. The number of hydrogen-bond acceptors (Lipinski definition) is 5. The third-order valence-electron chi connectivity index (χ3n) is 4.38. The van der Waals surface area contributed by atoms with Gasteiger partial charge in [0.05, 0.1) is 18.5 Å². The van der Waals surface area contributed by atoms with Gasteiger partial charge in [-0.2, -0.15) is 0 Å². The van der Waals surface area contributed by atoms with Crippen molar-refractivity contribution >= 4 is 21.6 Å². The summed E-state index contributed by atoms with van der Waals surface area (Å²) in [5.74, 6) is 0.822. The van der Waals surface area contributed by atoms with E-state index in [2.05, 4.69) is 5.32 Å². The van der Waals surface area contributed by atoms with Crippen molar-refractivity contribution in [3.8, 4) is 11.5 Å². The van der Waals surface area contributed by atoms with Crippen LogP contribution in [-0.4, -0.2) is 46.4 Å². The molecule has 1 N–H and O–H groups in total. The average Bonchev–Trinajstić information content (AvgIpc) is 2.86. The van der Waals surface area contributed by atoms with Crippen molar-refractivity contribution in [2.75, 3.05) is 30.3 Å². The second-order valence-electron chi connectivity index (χ2n) is 6.65. The maximum atomic E-state index is 12.5. The number of hydrogen-bond donors (Lipinski definition) is 1. The predicted octanol–water partition coefficient (Wildman–Crippen LogP) is 2.11. The van der Waals surface area contributed by atoms with Crippen molar-refractivity contribution < 1.29 is 22.7 Å². The van der Waals surface area contributed by atoms with Gasteiger partial charge in [-0.3, -0.25) is 9.10 Å². The number of amides is 1. The van der Waals surface area contributed by atoms with Gasteiger partial charge < -0.3 is 14.8 Å². The summed E-state index contributed by atoms with van der Waals surface area (Å²) in [7, 11) is -3.46. The van der Waals surface area contributed by atoms with Gasteiger partial charge >= 0.3 is 0 Å². The third-order valence-corrected chi connectivity index (χ3v) is 5.56. The van der Waals surface area contributed by atoms with Crippen molar-refractivity contribution in [3.63, 3.8) is 0 Å². The molecule has 0 unspecified atom stereocenters. The minimum absolute atomic E-state index is 0.174. The van der Waals surface area contributed by atoms with E-state index in [1.165, 1.54) is 4.31 Å². The number of sulfonamides is 1. The Balaban J connectivity index is 1.58. The summed E-state index contributed by atoms with van der Waals surface area (Å²) in [6.45, 7) is 2.82. The molecule has 0 aromatic heterocycles. The van der Waals surface area contributed by atoms with Crippen molar-refractivity contribution in [1.82, 2.24) is 5.32 Å². The van der Waals surface area contributed by atoms with Gasteiger partial charge in [-0.05, 0) is 31.2 Å². The lowest BCUT2D eigenvalue weighted by Crippen LogP contribution is -2.41. The van der Waals surface area contributed by atoms with Crippen LogP contribution in [0, 0.1) is 6.92 Å². The Morgan fingerprint density at radius 3 is 2.64 bits per heavy atom. The number of nitrogens with one attached hydrogen (secondary N) is 1. The molecule has 2 aromatic carbocycles. The largest absolute Gasteiger partial charge is 0.492 e. The summed E-state index contributed by atoms with van der Waals surface area (Å²) >= 11 is 0. The summed E-state index contributed by atoms with van der Waals surface area (Å²) in [4.78, 5) is 12.5. The summed E-state index contributed by atoms with van der Waals surface area (Å²) in [6.07, 6.45) is 0.631. The molecule has 28 heavy (non-hydrogen) atoms. The Morgan fingerprint density at radius 1 is 1.21 bits per heavy atom. The molecule has 0 spiro atoms. The highest BCUT2D eigenvalue weighted by molar-refractivity contribution is 7.92. The van der Waals surface area contributed by atoms with E-state index in [0.717, 1.165) is 17.6 Å². The third kappa shape index (κ3) is 4.95. The molecule has 0 saturated heterocycles. The number of benzene rings is 2. The number of carbonyl (C=O) groups excluding carboxylic acids is 1. The fourth-order valence-electron chi connectivity index (χ4n) is 2.95. The van der Waals surface area contributed by atoms with Crippen LogP contribution in [0.1, 0.15) is 12.0 Å². The van der Waals surface area contributed by atoms with Gasteiger partial charge in [0.15, 0.2) is 6.10 Å². The summed E-state index contributed by atoms with van der Waals surface area (Å²) in [5, 5.41) is 2.79. The number of nitrogens with zero attached hydrogens (tertiary/aromatic N) is 1. The number of rotatable bonds is 6. The molecule has 150 valence electrons. The summed E-state index contributed by atoms with van der Waals surface area (Å²) in [6, 6.07) is 14.5. The van der Waals surface area contributed by atoms with Crippen LogP contribution >= 0.6 is 0 Å². The smallest absolute Gasteiger partial charge is 0.261 e. The molecule has 0 saturated carbocycles. The van der Waals surface area contributed by atoms with E-state index in [1.54, 1.807) is 24.3 Å². The van der Waals surface area contributed by atoms with E-state index in [0.29, 0.717) is 24.6 Å². The quantitative estimate of drug-likeness (QED) is 0.746. The maximum Gasteiger partial charge on any atom is 0.261 e. The van der Waals surface area contributed by atoms with Crippen molar-refractivity contribution in [2.24, 2.45) is 0 Å². The Kier molecular flexibility index (Phi) is 6.08. The van der Waals surface area contributed by atoms with Gasteiger partial charge in [0.2, 0.25) is 10.0 Å². The lowest BCUT2D eigenvalue weighted by molar-refractivity contribution is -0.128. The van der Waals surface area contributed by atoms with Crippen LogP contribution in [0.3, 0.4) is 0 Å². The van der Waals surface area contributed by atoms with Crippen LogP contribution in [0.15, 0.2) is 48.5 Å². The molecular weight excluding hydrogens is 380 g/mol. The number of aryl methyl sites for hydroxylation is 1. The topological polar surface area (TPSA) is 84.9 Å². The predicted molar refractivity (Wildman–Crippen MR) is 107 cm³/mol. The number of para-hydroxylation sites is 2. The van der Waals surface area contributed by atoms with Crippen LogP contribution in [-0.2, 0) is 14.8 Å². The molecule has 1 aliphatic rings. The van der Waals surface area contributed by atoms with Crippen LogP contribution in [0.4, 0.5) is 5.69 Å². The Hall–Kier alpha value is -2.74. The van der Waals surface area contributed by atoms with E-state index < -0.39 is 16.1 Å². The Morgan fingerprint density at radius 2 is 1.93 bits per heavy atom. The number of anilines is 1. The molecule has 0 radical (unpaired) electrons. The van der Waals surface area contributed by atoms with Gasteiger partial charge in [0.1, 0.15) is 18.1 Å². The van der Waals surface area contributed by atoms with Gasteiger partial charge in [0, 0.05) is 13.0 Å². The van der Waals surface area contributed by atoms with Gasteiger partial charge in [0.25, 0.3) is 5.91 Å². The van der Waals surface area contributed by atoms with Crippen molar-refractivity contribution in [3.05, 3.63) is 54.1 Å². The highest BCUT2D eigenvalue weighted by atomic mass is 32.2. The first kappa shape index (κ1) is 20.0. The molecule has 0 bridgehead atoms. The first-order valence-electron chi connectivity index (χ1n) is 9.05. The first-order chi connectivity index (χ1) is 13.3. The zero-order valence-electron chi connectivity index (χ0n) is 15.9. The van der Waals surface area contributed by atoms with Gasteiger partial charge in [-0.15, -0.1) is 0 Å².